The maximum Gasteiger partial charge on any atom is 0.406 e. The SMILES string of the molecule is O=C(c1coc2ccccc12)N(CCBr)CC(F)(F)F. The summed E-state index contributed by atoms with van der Waals surface area (Å²) in [6, 6.07) is 6.73. The van der Waals surface area contributed by atoms with E-state index in [2.05, 4.69) is 15.9 Å². The molecule has 2 rings (SSSR count). The van der Waals surface area contributed by atoms with E-state index in [1.165, 1.54) is 6.26 Å². The Kier molecular flexibility index (Phi) is 4.37. The second-order valence-corrected chi connectivity index (χ2v) is 4.97. The topological polar surface area (TPSA) is 33.5 Å². The Bertz CT molecular complexity index is 609. The minimum absolute atomic E-state index is 0.0299. The van der Waals surface area contributed by atoms with Crippen LogP contribution in [0.15, 0.2) is 34.9 Å². The van der Waals surface area contributed by atoms with Gasteiger partial charge in [-0.15, -0.1) is 0 Å². The molecule has 0 bridgehead atoms. The molecule has 0 radical (unpaired) electrons. The van der Waals surface area contributed by atoms with E-state index in [0.29, 0.717) is 11.0 Å². The second kappa shape index (κ2) is 5.87. The number of para-hydroxylation sites is 1. The lowest BCUT2D eigenvalue weighted by atomic mass is 10.1. The van der Waals surface area contributed by atoms with Crippen LogP contribution in [0.4, 0.5) is 13.2 Å². The molecule has 1 aromatic carbocycles. The Morgan fingerprint density at radius 3 is 2.65 bits per heavy atom. The number of nitrogens with zero attached hydrogens (tertiary/aromatic N) is 1. The van der Waals surface area contributed by atoms with E-state index in [1.807, 2.05) is 0 Å². The summed E-state index contributed by atoms with van der Waals surface area (Å²) in [5.74, 6) is -0.688. The normalized spacial score (nSPS) is 11.8. The van der Waals surface area contributed by atoms with Gasteiger partial charge in [0, 0.05) is 17.3 Å². The predicted octanol–water partition coefficient (Wildman–Crippen LogP) is 3.83. The quantitative estimate of drug-likeness (QED) is 0.786. The summed E-state index contributed by atoms with van der Waals surface area (Å²) < 4.78 is 42.7. The summed E-state index contributed by atoms with van der Waals surface area (Å²) in [5, 5.41) is 0.782. The van der Waals surface area contributed by atoms with Crippen molar-refractivity contribution in [3.8, 4) is 0 Å². The number of rotatable bonds is 4. The number of carbonyl (C=O) groups excluding carboxylic acids is 1. The van der Waals surface area contributed by atoms with Crippen LogP contribution in [0, 0.1) is 0 Å². The maximum atomic E-state index is 12.5. The third kappa shape index (κ3) is 3.33. The molecule has 0 fully saturated rings. The molecule has 0 aliphatic carbocycles. The second-order valence-electron chi connectivity index (χ2n) is 4.18. The van der Waals surface area contributed by atoms with Gasteiger partial charge in [-0.05, 0) is 6.07 Å². The van der Waals surface area contributed by atoms with Crippen LogP contribution in [0.2, 0.25) is 0 Å². The number of furan rings is 1. The van der Waals surface area contributed by atoms with E-state index in [4.69, 9.17) is 4.42 Å². The fourth-order valence-corrected chi connectivity index (χ4v) is 2.31. The van der Waals surface area contributed by atoms with Crippen LogP contribution < -0.4 is 0 Å². The van der Waals surface area contributed by atoms with Crippen molar-refractivity contribution in [1.82, 2.24) is 4.90 Å². The van der Waals surface area contributed by atoms with Gasteiger partial charge in [0.1, 0.15) is 18.4 Å². The molecule has 1 amide bonds. The Balaban J connectivity index is 2.31. The molecule has 0 aliphatic rings. The van der Waals surface area contributed by atoms with Crippen LogP contribution in [-0.4, -0.2) is 35.4 Å². The van der Waals surface area contributed by atoms with Crippen LogP contribution in [0.3, 0.4) is 0 Å². The van der Waals surface area contributed by atoms with Crippen LogP contribution >= 0.6 is 15.9 Å². The number of fused-ring (bicyclic) bond motifs is 1. The minimum atomic E-state index is -4.43. The van der Waals surface area contributed by atoms with Gasteiger partial charge in [-0.3, -0.25) is 4.79 Å². The molecule has 0 unspecified atom stereocenters. The van der Waals surface area contributed by atoms with Gasteiger partial charge in [-0.1, -0.05) is 34.1 Å². The van der Waals surface area contributed by atoms with E-state index in [1.54, 1.807) is 24.3 Å². The first-order chi connectivity index (χ1) is 9.42. The molecule has 1 heterocycles. The van der Waals surface area contributed by atoms with Gasteiger partial charge in [0.2, 0.25) is 0 Å². The van der Waals surface area contributed by atoms with E-state index in [9.17, 15) is 18.0 Å². The van der Waals surface area contributed by atoms with Crippen molar-refractivity contribution in [2.45, 2.75) is 6.18 Å². The van der Waals surface area contributed by atoms with Crippen molar-refractivity contribution in [2.24, 2.45) is 0 Å². The lowest BCUT2D eigenvalue weighted by Crippen LogP contribution is -2.40. The van der Waals surface area contributed by atoms with Crippen molar-refractivity contribution in [1.29, 1.82) is 0 Å². The van der Waals surface area contributed by atoms with Crippen LogP contribution in [0.25, 0.3) is 11.0 Å². The zero-order valence-corrected chi connectivity index (χ0v) is 11.9. The highest BCUT2D eigenvalue weighted by molar-refractivity contribution is 9.09. The van der Waals surface area contributed by atoms with Crippen molar-refractivity contribution < 1.29 is 22.4 Å². The lowest BCUT2D eigenvalue weighted by Gasteiger charge is -2.22. The smallest absolute Gasteiger partial charge is 0.406 e. The molecular weight excluding hydrogens is 339 g/mol. The van der Waals surface area contributed by atoms with E-state index in [0.717, 1.165) is 4.90 Å². The summed E-state index contributed by atoms with van der Waals surface area (Å²) in [4.78, 5) is 13.0. The van der Waals surface area contributed by atoms with Gasteiger partial charge in [0.15, 0.2) is 0 Å². The van der Waals surface area contributed by atoms with Crippen molar-refractivity contribution in [3.05, 3.63) is 36.1 Å². The first-order valence-electron chi connectivity index (χ1n) is 5.80. The Morgan fingerprint density at radius 1 is 1.30 bits per heavy atom. The van der Waals surface area contributed by atoms with Crippen LogP contribution in [-0.2, 0) is 0 Å². The van der Waals surface area contributed by atoms with Gasteiger partial charge in [0.25, 0.3) is 5.91 Å². The highest BCUT2D eigenvalue weighted by atomic mass is 79.9. The van der Waals surface area contributed by atoms with Crippen LogP contribution in [0.1, 0.15) is 10.4 Å². The molecule has 1 aromatic heterocycles. The molecule has 0 N–H and O–H groups in total. The molecule has 0 saturated heterocycles. The zero-order valence-electron chi connectivity index (χ0n) is 10.3. The van der Waals surface area contributed by atoms with Gasteiger partial charge in [0.05, 0.1) is 5.56 Å². The average Bonchev–Trinajstić information content (AvgIpc) is 2.79. The van der Waals surface area contributed by atoms with E-state index in [-0.39, 0.29) is 17.4 Å². The molecule has 2 aromatic rings. The summed E-state index contributed by atoms with van der Waals surface area (Å²) >= 11 is 3.05. The fourth-order valence-electron chi connectivity index (χ4n) is 1.88. The highest BCUT2D eigenvalue weighted by Crippen LogP contribution is 2.24. The number of benzene rings is 1. The summed E-state index contributed by atoms with van der Waals surface area (Å²) in [7, 11) is 0. The van der Waals surface area contributed by atoms with Crippen LogP contribution in [0.5, 0.6) is 0 Å². The summed E-state index contributed by atoms with van der Waals surface area (Å²) in [6.07, 6.45) is -3.23. The van der Waals surface area contributed by atoms with Gasteiger partial charge >= 0.3 is 6.18 Å². The third-order valence-electron chi connectivity index (χ3n) is 2.72. The van der Waals surface area contributed by atoms with Crippen molar-refractivity contribution in [2.75, 3.05) is 18.4 Å². The minimum Gasteiger partial charge on any atom is -0.463 e. The molecular formula is C13H11BrF3NO2. The van der Waals surface area contributed by atoms with E-state index >= 15 is 0 Å². The Labute approximate surface area is 121 Å². The Morgan fingerprint density at radius 2 is 2.00 bits per heavy atom. The third-order valence-corrected chi connectivity index (χ3v) is 3.08. The summed E-state index contributed by atoms with van der Waals surface area (Å²) in [6.45, 7) is -1.31. The molecule has 0 atom stereocenters. The van der Waals surface area contributed by atoms with Gasteiger partial charge in [-0.25, -0.2) is 0 Å². The van der Waals surface area contributed by atoms with Crippen molar-refractivity contribution in [3.63, 3.8) is 0 Å². The van der Waals surface area contributed by atoms with E-state index < -0.39 is 18.6 Å². The largest absolute Gasteiger partial charge is 0.463 e. The first-order valence-corrected chi connectivity index (χ1v) is 6.93. The molecule has 20 heavy (non-hydrogen) atoms. The number of amides is 1. The van der Waals surface area contributed by atoms with Gasteiger partial charge in [-0.2, -0.15) is 13.2 Å². The molecule has 3 nitrogen and oxygen atoms in total. The Hall–Kier alpha value is -1.50. The predicted molar refractivity (Wildman–Crippen MR) is 72.0 cm³/mol. The van der Waals surface area contributed by atoms with Crippen molar-refractivity contribution >= 4 is 32.8 Å². The number of alkyl halides is 4. The number of hydrogen-bond acceptors (Lipinski definition) is 2. The summed E-state index contributed by atoms with van der Waals surface area (Å²) in [5.41, 5.74) is 0.618. The monoisotopic (exact) mass is 349 g/mol. The number of hydrogen-bond donors (Lipinski definition) is 0. The molecule has 0 saturated carbocycles. The van der Waals surface area contributed by atoms with Gasteiger partial charge < -0.3 is 9.32 Å². The average molecular weight is 350 g/mol. The first kappa shape index (κ1) is 14.9. The number of halogens is 4. The molecule has 0 spiro atoms. The molecule has 108 valence electrons. The maximum absolute atomic E-state index is 12.5. The highest BCUT2D eigenvalue weighted by Gasteiger charge is 2.33. The fraction of sp³-hybridized carbons (Fsp3) is 0.308. The number of carbonyl (C=O) groups is 1. The zero-order chi connectivity index (χ0) is 14.8. The molecule has 7 heteroatoms. The molecule has 0 aliphatic heterocycles. The lowest BCUT2D eigenvalue weighted by molar-refractivity contribution is -0.140. The standard InChI is InChI=1S/C13H11BrF3NO2/c14-5-6-18(8-13(15,16)17)12(19)10-7-20-11-4-2-1-3-9(10)11/h1-4,7H,5-6,8H2.